The molecule has 0 radical (unpaired) electrons. The van der Waals surface area contributed by atoms with Crippen LogP contribution in [0.3, 0.4) is 0 Å². The topological polar surface area (TPSA) is 12.5 Å². The standard InChI is InChI=1S/C8H18AsNO/c1-11-7-6-10-4-2-8(9)3-5-10/h8H,2-7,9H2,1H3. The Kier molecular flexibility index (Phi) is 4.51. The van der Waals surface area contributed by atoms with E-state index in [1.165, 1.54) is 25.9 Å². The predicted octanol–water partition coefficient (Wildman–Crippen LogP) is 0.150. The molecular weight excluding hydrogens is 201 g/mol. The molecule has 3 heteroatoms. The molecule has 0 aromatic heterocycles. The van der Waals surface area contributed by atoms with Gasteiger partial charge in [0.05, 0.1) is 0 Å². The summed E-state index contributed by atoms with van der Waals surface area (Å²) < 4.78 is 6.03. The molecule has 11 heavy (non-hydrogen) atoms. The van der Waals surface area contributed by atoms with Crippen LogP contribution in [-0.2, 0) is 4.74 Å². The molecule has 0 spiro atoms. The van der Waals surface area contributed by atoms with Gasteiger partial charge in [-0.1, -0.05) is 0 Å². The van der Waals surface area contributed by atoms with Gasteiger partial charge < -0.3 is 0 Å². The molecule has 2 nitrogen and oxygen atoms in total. The van der Waals surface area contributed by atoms with E-state index in [2.05, 4.69) is 4.90 Å². The monoisotopic (exact) mass is 219 g/mol. The zero-order chi connectivity index (χ0) is 8.10. The first kappa shape index (κ1) is 9.57. The van der Waals surface area contributed by atoms with Crippen LogP contribution in [0.15, 0.2) is 0 Å². The average molecular weight is 219 g/mol. The van der Waals surface area contributed by atoms with Crippen LogP contribution in [0.4, 0.5) is 0 Å². The van der Waals surface area contributed by atoms with E-state index in [1.54, 1.807) is 7.11 Å². The number of hydrogen-bond acceptors (Lipinski definition) is 2. The third kappa shape index (κ3) is 3.59. The summed E-state index contributed by atoms with van der Waals surface area (Å²) in [6.45, 7) is 4.58. The van der Waals surface area contributed by atoms with Crippen LogP contribution in [0.5, 0.6) is 0 Å². The molecular formula is C8H18AsNO. The number of piperidine rings is 1. The third-order valence-corrected chi connectivity index (χ3v) is 3.64. The molecule has 0 saturated carbocycles. The molecule has 0 N–H and O–H groups in total. The van der Waals surface area contributed by atoms with E-state index in [1.807, 2.05) is 16.9 Å². The Hall–Kier alpha value is 0.478. The first-order chi connectivity index (χ1) is 5.33. The molecule has 1 rings (SSSR count). The van der Waals surface area contributed by atoms with Crippen molar-refractivity contribution in [1.82, 2.24) is 4.90 Å². The van der Waals surface area contributed by atoms with Gasteiger partial charge in [0.1, 0.15) is 0 Å². The zero-order valence-electron chi connectivity index (χ0n) is 7.25. The molecule has 0 bridgehead atoms. The van der Waals surface area contributed by atoms with Crippen LogP contribution < -0.4 is 0 Å². The molecule has 0 aliphatic carbocycles. The Labute approximate surface area is 77.8 Å². The number of nitrogens with zero attached hydrogens (tertiary/aromatic N) is 1. The van der Waals surface area contributed by atoms with E-state index in [9.17, 15) is 0 Å². The van der Waals surface area contributed by atoms with Crippen molar-refractivity contribution >= 4 is 16.9 Å². The SMILES string of the molecule is COCCN1CCC([AsH2])CC1. The molecule has 1 aliphatic heterocycles. The molecule has 1 saturated heterocycles. The van der Waals surface area contributed by atoms with Crippen LogP contribution >= 0.6 is 0 Å². The van der Waals surface area contributed by atoms with Gasteiger partial charge in [-0.2, -0.15) is 0 Å². The van der Waals surface area contributed by atoms with E-state index < -0.39 is 0 Å². The van der Waals surface area contributed by atoms with Gasteiger partial charge >= 0.3 is 77.4 Å². The summed E-state index contributed by atoms with van der Waals surface area (Å²) in [6.07, 6.45) is 2.79. The molecule has 1 heterocycles. The second-order valence-electron chi connectivity index (χ2n) is 3.17. The summed E-state index contributed by atoms with van der Waals surface area (Å²) in [7, 11) is 1.77. The fraction of sp³-hybridized carbons (Fsp3) is 1.00. The van der Waals surface area contributed by atoms with Gasteiger partial charge in [0.15, 0.2) is 0 Å². The van der Waals surface area contributed by atoms with Crippen molar-refractivity contribution in [3.63, 3.8) is 0 Å². The quantitative estimate of drug-likeness (QED) is 0.626. The minimum absolute atomic E-state index is 0.888. The summed E-state index contributed by atoms with van der Waals surface area (Å²) in [4.78, 5) is 2.50. The van der Waals surface area contributed by atoms with Gasteiger partial charge in [-0.15, -0.1) is 0 Å². The molecule has 1 atom stereocenters. The molecule has 1 aliphatic rings. The van der Waals surface area contributed by atoms with Crippen LogP contribution in [0.25, 0.3) is 0 Å². The maximum absolute atomic E-state index is 5.03. The van der Waals surface area contributed by atoms with Crippen molar-refractivity contribution in [1.29, 1.82) is 0 Å². The van der Waals surface area contributed by atoms with Crippen molar-refractivity contribution in [2.45, 2.75) is 17.5 Å². The molecule has 0 amide bonds. The van der Waals surface area contributed by atoms with Crippen LogP contribution in [0, 0.1) is 0 Å². The Balaban J connectivity index is 2.07. The number of rotatable bonds is 3. The number of ether oxygens (including phenoxy) is 1. The normalized spacial score (nSPS) is 22.4. The number of likely N-dealkylation sites (tertiary alicyclic amines) is 1. The molecule has 0 aromatic rings. The second-order valence-corrected chi connectivity index (χ2v) is 5.15. The van der Waals surface area contributed by atoms with E-state index in [-0.39, 0.29) is 0 Å². The van der Waals surface area contributed by atoms with E-state index >= 15 is 0 Å². The van der Waals surface area contributed by atoms with Crippen LogP contribution in [0.1, 0.15) is 12.8 Å². The van der Waals surface area contributed by atoms with Crippen molar-refractivity contribution in [2.24, 2.45) is 0 Å². The first-order valence-electron chi connectivity index (χ1n) is 4.30. The summed E-state index contributed by atoms with van der Waals surface area (Å²) in [6, 6.07) is 0. The maximum atomic E-state index is 5.03. The van der Waals surface area contributed by atoms with Gasteiger partial charge in [0.2, 0.25) is 0 Å². The van der Waals surface area contributed by atoms with Crippen LogP contribution in [0.2, 0.25) is 4.71 Å². The fourth-order valence-corrected chi connectivity index (χ4v) is 2.02. The Morgan fingerprint density at radius 1 is 1.45 bits per heavy atom. The second kappa shape index (κ2) is 5.18. The Bertz CT molecular complexity index is 99.5. The molecule has 1 fully saturated rings. The summed E-state index contributed by atoms with van der Waals surface area (Å²) >= 11 is 1.91. The molecule has 0 aromatic carbocycles. The number of hydrogen-bond donors (Lipinski definition) is 0. The van der Waals surface area contributed by atoms with Gasteiger partial charge in [0.25, 0.3) is 0 Å². The minimum atomic E-state index is 0.888. The zero-order valence-corrected chi connectivity index (χ0v) is 9.68. The third-order valence-electron chi connectivity index (χ3n) is 2.24. The first-order valence-corrected chi connectivity index (χ1v) is 5.69. The average Bonchev–Trinajstić information content (AvgIpc) is 2.04. The van der Waals surface area contributed by atoms with Gasteiger partial charge in [-0.25, -0.2) is 0 Å². The number of methoxy groups -OCH3 is 1. The van der Waals surface area contributed by atoms with Gasteiger partial charge in [0, 0.05) is 0 Å². The van der Waals surface area contributed by atoms with Crippen molar-refractivity contribution in [2.75, 3.05) is 33.4 Å². The van der Waals surface area contributed by atoms with E-state index in [0.29, 0.717) is 0 Å². The molecule has 1 unspecified atom stereocenters. The Morgan fingerprint density at radius 2 is 2.09 bits per heavy atom. The van der Waals surface area contributed by atoms with Crippen LogP contribution in [-0.4, -0.2) is 55.1 Å². The van der Waals surface area contributed by atoms with E-state index in [4.69, 9.17) is 4.74 Å². The fourth-order valence-electron chi connectivity index (χ4n) is 1.40. The predicted molar refractivity (Wildman–Crippen MR) is 49.8 cm³/mol. The van der Waals surface area contributed by atoms with Crippen molar-refractivity contribution < 1.29 is 4.74 Å². The van der Waals surface area contributed by atoms with Crippen molar-refractivity contribution in [3.05, 3.63) is 0 Å². The Morgan fingerprint density at radius 3 is 2.64 bits per heavy atom. The van der Waals surface area contributed by atoms with E-state index in [0.717, 1.165) is 17.9 Å². The van der Waals surface area contributed by atoms with Gasteiger partial charge in [-0.3, -0.25) is 0 Å². The summed E-state index contributed by atoms with van der Waals surface area (Å²) in [5.41, 5.74) is 0. The summed E-state index contributed by atoms with van der Waals surface area (Å²) in [5.74, 6) is 0. The molecule has 66 valence electrons. The van der Waals surface area contributed by atoms with Crippen molar-refractivity contribution in [3.8, 4) is 0 Å². The van der Waals surface area contributed by atoms with Gasteiger partial charge in [-0.05, 0) is 0 Å². The summed E-state index contributed by atoms with van der Waals surface area (Å²) in [5, 5.41) is 0.